The average Bonchev–Trinajstić information content (AvgIpc) is 2.20. The number of pyridine rings is 1. The van der Waals surface area contributed by atoms with Gasteiger partial charge in [0.05, 0.1) is 9.95 Å². The van der Waals surface area contributed by atoms with Gasteiger partial charge in [0.15, 0.2) is 0 Å². The Labute approximate surface area is 107 Å². The van der Waals surface area contributed by atoms with Gasteiger partial charge in [-0.3, -0.25) is 15.1 Å². The Bertz CT molecular complexity index is 398. The monoisotopic (exact) mass is 306 g/mol. The van der Waals surface area contributed by atoms with Crippen molar-refractivity contribution >= 4 is 33.2 Å². The maximum Gasteiger partial charge on any atom is 0.292 e. The van der Waals surface area contributed by atoms with Crippen molar-refractivity contribution in [2.75, 3.05) is 0 Å². The number of nitrogens with zero attached hydrogens (tertiary/aromatic N) is 2. The predicted octanol–water partition coefficient (Wildman–Crippen LogP) is 3.92. The molecule has 2 atom stereocenters. The van der Waals surface area contributed by atoms with Gasteiger partial charge in [0.2, 0.25) is 0 Å². The fourth-order valence-corrected chi connectivity index (χ4v) is 2.38. The molecule has 6 heteroatoms. The van der Waals surface area contributed by atoms with Gasteiger partial charge in [0.25, 0.3) is 5.69 Å². The second-order valence-corrected chi connectivity index (χ2v) is 5.39. The summed E-state index contributed by atoms with van der Waals surface area (Å²) in [5.74, 6) is 0.0117. The third-order valence-corrected chi connectivity index (χ3v) is 3.25. The van der Waals surface area contributed by atoms with Crippen LogP contribution in [0.25, 0.3) is 0 Å². The first-order valence-electron chi connectivity index (χ1n) is 4.91. The van der Waals surface area contributed by atoms with Gasteiger partial charge in [-0.25, -0.2) is 0 Å². The summed E-state index contributed by atoms with van der Waals surface area (Å²) >= 11 is 9.15. The number of hydrogen-bond donors (Lipinski definition) is 0. The molecule has 0 fully saturated rings. The topological polar surface area (TPSA) is 56.0 Å². The van der Waals surface area contributed by atoms with Crippen molar-refractivity contribution < 1.29 is 4.92 Å². The fraction of sp³-hybridized carbons (Fsp3) is 0.500. The highest BCUT2D eigenvalue weighted by molar-refractivity contribution is 9.09. The van der Waals surface area contributed by atoms with E-state index in [1.165, 1.54) is 12.3 Å². The lowest BCUT2D eigenvalue weighted by Gasteiger charge is -2.16. The van der Waals surface area contributed by atoms with Crippen LogP contribution >= 0.6 is 27.5 Å². The van der Waals surface area contributed by atoms with Crippen molar-refractivity contribution in [1.29, 1.82) is 0 Å². The van der Waals surface area contributed by atoms with Crippen molar-refractivity contribution in [3.8, 4) is 0 Å². The van der Waals surface area contributed by atoms with Crippen LogP contribution in [0.1, 0.15) is 31.9 Å². The molecule has 0 spiro atoms. The summed E-state index contributed by atoms with van der Waals surface area (Å²) in [6.45, 7) is 3.93. The standard InChI is InChI=1S/C10H12BrClN2O2/c1-3-8(6(2)11)10-9(14(15)16)4-7(12)5-13-10/h4-6,8H,3H2,1-2H3. The summed E-state index contributed by atoms with van der Waals surface area (Å²) in [6, 6.07) is 1.35. The van der Waals surface area contributed by atoms with Gasteiger partial charge >= 0.3 is 0 Å². The van der Waals surface area contributed by atoms with Gasteiger partial charge < -0.3 is 0 Å². The Morgan fingerprint density at radius 3 is 2.75 bits per heavy atom. The van der Waals surface area contributed by atoms with Gasteiger partial charge in [-0.15, -0.1) is 0 Å². The Hall–Kier alpha value is -0.680. The van der Waals surface area contributed by atoms with Crippen molar-refractivity contribution in [3.05, 3.63) is 33.1 Å². The fourth-order valence-electron chi connectivity index (χ4n) is 1.61. The van der Waals surface area contributed by atoms with Crippen molar-refractivity contribution in [3.63, 3.8) is 0 Å². The molecule has 0 saturated heterocycles. The smallest absolute Gasteiger partial charge is 0.258 e. The van der Waals surface area contributed by atoms with Crippen LogP contribution in [0.5, 0.6) is 0 Å². The highest BCUT2D eigenvalue weighted by Crippen LogP contribution is 2.33. The van der Waals surface area contributed by atoms with E-state index >= 15 is 0 Å². The number of halogens is 2. The van der Waals surface area contributed by atoms with Crippen LogP contribution < -0.4 is 0 Å². The summed E-state index contributed by atoms with van der Waals surface area (Å²) in [6.07, 6.45) is 2.23. The molecule has 0 bridgehead atoms. The molecule has 0 aliphatic rings. The van der Waals surface area contributed by atoms with E-state index < -0.39 is 4.92 Å². The first kappa shape index (κ1) is 13.4. The molecule has 0 saturated carbocycles. The normalized spacial score (nSPS) is 14.5. The van der Waals surface area contributed by atoms with E-state index in [-0.39, 0.29) is 21.5 Å². The van der Waals surface area contributed by atoms with E-state index in [2.05, 4.69) is 20.9 Å². The van der Waals surface area contributed by atoms with Crippen molar-refractivity contribution in [2.24, 2.45) is 0 Å². The third-order valence-electron chi connectivity index (χ3n) is 2.41. The van der Waals surface area contributed by atoms with E-state index in [9.17, 15) is 10.1 Å². The molecule has 0 aromatic carbocycles. The Morgan fingerprint density at radius 2 is 2.31 bits per heavy atom. The molecule has 1 aromatic heterocycles. The first-order valence-corrected chi connectivity index (χ1v) is 6.20. The molecule has 0 amide bonds. The quantitative estimate of drug-likeness (QED) is 0.481. The lowest BCUT2D eigenvalue weighted by Crippen LogP contribution is -2.12. The zero-order valence-corrected chi connectivity index (χ0v) is 11.3. The molecule has 88 valence electrons. The number of alkyl halides is 1. The molecule has 0 aliphatic heterocycles. The minimum atomic E-state index is -0.438. The lowest BCUT2D eigenvalue weighted by molar-refractivity contribution is -0.386. The van der Waals surface area contributed by atoms with Crippen LogP contribution in [0.15, 0.2) is 12.3 Å². The highest BCUT2D eigenvalue weighted by Gasteiger charge is 2.26. The van der Waals surface area contributed by atoms with E-state index in [0.29, 0.717) is 5.69 Å². The Morgan fingerprint density at radius 1 is 1.69 bits per heavy atom. The van der Waals surface area contributed by atoms with Gasteiger partial charge in [0.1, 0.15) is 5.69 Å². The summed E-state index contributed by atoms with van der Waals surface area (Å²) in [5, 5.41) is 11.2. The maximum atomic E-state index is 10.9. The molecule has 1 aromatic rings. The molecule has 16 heavy (non-hydrogen) atoms. The molecule has 0 aliphatic carbocycles. The van der Waals surface area contributed by atoms with E-state index in [0.717, 1.165) is 6.42 Å². The number of rotatable bonds is 4. The van der Waals surface area contributed by atoms with E-state index in [1.807, 2.05) is 13.8 Å². The van der Waals surface area contributed by atoms with Crippen molar-refractivity contribution in [1.82, 2.24) is 4.98 Å². The predicted molar refractivity (Wildman–Crippen MR) is 67.3 cm³/mol. The number of hydrogen-bond acceptors (Lipinski definition) is 3. The molecular formula is C10H12BrClN2O2. The van der Waals surface area contributed by atoms with Crippen LogP contribution in [-0.2, 0) is 0 Å². The molecule has 0 radical (unpaired) electrons. The van der Waals surface area contributed by atoms with Crippen LogP contribution in [0.4, 0.5) is 5.69 Å². The summed E-state index contributed by atoms with van der Waals surface area (Å²) < 4.78 is 0. The van der Waals surface area contributed by atoms with E-state index in [1.54, 1.807) is 0 Å². The van der Waals surface area contributed by atoms with Crippen LogP contribution in [0.2, 0.25) is 5.02 Å². The molecule has 1 rings (SSSR count). The SMILES string of the molecule is CCC(c1ncc(Cl)cc1[N+](=O)[O-])C(C)Br. The van der Waals surface area contributed by atoms with Gasteiger partial charge in [-0.05, 0) is 6.42 Å². The average molecular weight is 308 g/mol. The minimum Gasteiger partial charge on any atom is -0.258 e. The third kappa shape index (κ3) is 2.92. The van der Waals surface area contributed by atoms with Crippen LogP contribution in [0, 0.1) is 10.1 Å². The van der Waals surface area contributed by atoms with Gasteiger partial charge in [-0.2, -0.15) is 0 Å². The molecule has 2 unspecified atom stereocenters. The van der Waals surface area contributed by atoms with Crippen molar-refractivity contribution in [2.45, 2.75) is 31.0 Å². The van der Waals surface area contributed by atoms with Crippen LogP contribution in [0.3, 0.4) is 0 Å². The Balaban J connectivity index is 3.26. The minimum absolute atomic E-state index is 0.00866. The summed E-state index contributed by atoms with van der Waals surface area (Å²) in [5.41, 5.74) is 0.479. The zero-order chi connectivity index (χ0) is 12.3. The molecule has 1 heterocycles. The van der Waals surface area contributed by atoms with Crippen LogP contribution in [-0.4, -0.2) is 14.7 Å². The number of aromatic nitrogens is 1. The highest BCUT2D eigenvalue weighted by atomic mass is 79.9. The lowest BCUT2D eigenvalue weighted by atomic mass is 9.97. The largest absolute Gasteiger partial charge is 0.292 e. The summed E-state index contributed by atoms with van der Waals surface area (Å²) in [7, 11) is 0. The van der Waals surface area contributed by atoms with Gasteiger partial charge in [0, 0.05) is 23.0 Å². The van der Waals surface area contributed by atoms with E-state index in [4.69, 9.17) is 11.6 Å². The first-order chi connectivity index (χ1) is 7.47. The molecule has 0 N–H and O–H groups in total. The summed E-state index contributed by atoms with van der Waals surface area (Å²) in [4.78, 5) is 14.7. The van der Waals surface area contributed by atoms with Gasteiger partial charge in [-0.1, -0.05) is 41.4 Å². The molecule has 4 nitrogen and oxygen atoms in total. The number of nitro groups is 1. The second-order valence-electron chi connectivity index (χ2n) is 3.51. The Kier molecular flexibility index (Phi) is 4.68. The second kappa shape index (κ2) is 5.59. The maximum absolute atomic E-state index is 10.9. The zero-order valence-electron chi connectivity index (χ0n) is 8.98. The molecular weight excluding hydrogens is 295 g/mol.